The maximum atomic E-state index is 15.4. The number of halogens is 4. The molecule has 2 unspecified atom stereocenters. The Morgan fingerprint density at radius 1 is 1.12 bits per heavy atom. The van der Waals surface area contributed by atoms with Gasteiger partial charge in [-0.05, 0) is 85.1 Å². The number of carbonyl (C=O) groups is 2. The molecule has 2 N–H and O–H groups in total. The molecule has 3 aromatic rings. The molecule has 7 nitrogen and oxygen atoms in total. The molecule has 1 aliphatic heterocycles. The standard InChI is InChI=1S/C30H28BrCl2FN4O3/c1-17-3-4-18(2)38(17)10-9-36-30(40)21-6-8-26(25(33)13-21)37-27(39)14-20-5-7-24(31)29(28(20)34)41-23-12-19(16-35)11-22(32)15-23/h5-8,11-13,15,17-18H,3-4,9-10,14H2,1-2H3,(H,36,40)(H,37,39). The second-order valence-corrected chi connectivity index (χ2v) is 11.6. The molecule has 4 rings (SSSR count). The Morgan fingerprint density at radius 3 is 2.54 bits per heavy atom. The summed E-state index contributed by atoms with van der Waals surface area (Å²) in [6.45, 7) is 5.69. The van der Waals surface area contributed by atoms with Crippen LogP contribution in [0.2, 0.25) is 10.0 Å². The van der Waals surface area contributed by atoms with Crippen molar-refractivity contribution in [1.29, 1.82) is 5.26 Å². The topological polar surface area (TPSA) is 94.5 Å². The lowest BCUT2D eigenvalue weighted by molar-refractivity contribution is -0.115. The van der Waals surface area contributed by atoms with E-state index >= 15 is 4.39 Å². The molecular weight excluding hydrogens is 634 g/mol. The molecule has 0 saturated carbocycles. The lowest BCUT2D eigenvalue weighted by Gasteiger charge is -2.25. The third-order valence-corrected chi connectivity index (χ3v) is 8.15. The van der Waals surface area contributed by atoms with Crippen LogP contribution in [0.3, 0.4) is 0 Å². The molecule has 1 saturated heterocycles. The molecule has 1 aliphatic rings. The van der Waals surface area contributed by atoms with E-state index in [-0.39, 0.29) is 45.0 Å². The highest BCUT2D eigenvalue weighted by Crippen LogP contribution is 2.36. The first kappa shape index (κ1) is 30.8. The molecule has 214 valence electrons. The van der Waals surface area contributed by atoms with E-state index in [1.54, 1.807) is 12.1 Å². The van der Waals surface area contributed by atoms with Gasteiger partial charge in [-0.1, -0.05) is 29.3 Å². The molecule has 3 aromatic carbocycles. The largest absolute Gasteiger partial charge is 0.453 e. The number of nitriles is 1. The molecule has 0 aliphatic carbocycles. The number of rotatable bonds is 9. The first-order valence-corrected chi connectivity index (χ1v) is 14.6. The van der Waals surface area contributed by atoms with Crippen LogP contribution in [-0.4, -0.2) is 41.9 Å². The summed E-state index contributed by atoms with van der Waals surface area (Å²) in [7, 11) is 0. The van der Waals surface area contributed by atoms with Crippen molar-refractivity contribution in [1.82, 2.24) is 10.2 Å². The predicted molar refractivity (Wildman–Crippen MR) is 161 cm³/mol. The summed E-state index contributed by atoms with van der Waals surface area (Å²) in [5.41, 5.74) is 1.00. The highest BCUT2D eigenvalue weighted by atomic mass is 79.9. The van der Waals surface area contributed by atoms with Crippen LogP contribution in [0.4, 0.5) is 10.1 Å². The number of carbonyl (C=O) groups excluding carboxylic acids is 2. The van der Waals surface area contributed by atoms with Gasteiger partial charge in [0.2, 0.25) is 5.91 Å². The van der Waals surface area contributed by atoms with E-state index in [1.807, 2.05) is 6.07 Å². The van der Waals surface area contributed by atoms with Gasteiger partial charge in [0, 0.05) is 41.3 Å². The monoisotopic (exact) mass is 660 g/mol. The Morgan fingerprint density at radius 2 is 1.85 bits per heavy atom. The van der Waals surface area contributed by atoms with Gasteiger partial charge in [0.1, 0.15) is 5.75 Å². The number of anilines is 1. The molecule has 41 heavy (non-hydrogen) atoms. The van der Waals surface area contributed by atoms with Crippen molar-refractivity contribution in [2.24, 2.45) is 0 Å². The zero-order valence-electron chi connectivity index (χ0n) is 22.4. The van der Waals surface area contributed by atoms with Gasteiger partial charge in [0.05, 0.1) is 33.2 Å². The molecule has 2 amide bonds. The fraction of sp³-hybridized carbons (Fsp3) is 0.300. The molecule has 1 heterocycles. The molecule has 2 atom stereocenters. The Kier molecular flexibility index (Phi) is 10.3. The van der Waals surface area contributed by atoms with Gasteiger partial charge >= 0.3 is 0 Å². The number of amides is 2. The van der Waals surface area contributed by atoms with E-state index in [0.717, 1.165) is 19.4 Å². The highest BCUT2D eigenvalue weighted by Gasteiger charge is 2.26. The quantitative estimate of drug-likeness (QED) is 0.250. The number of nitrogens with one attached hydrogen (secondary N) is 2. The Hall–Kier alpha value is -3.16. The SMILES string of the molecule is CC1CCC(C)N1CCNC(=O)c1ccc(NC(=O)Cc2ccc(Br)c(Oc3cc(Cl)cc(C#N)c3)c2F)c(Cl)c1. The summed E-state index contributed by atoms with van der Waals surface area (Å²) in [5, 5.41) is 15.2. The number of benzene rings is 3. The third-order valence-electron chi connectivity index (χ3n) is 7.00. The van der Waals surface area contributed by atoms with Crippen molar-refractivity contribution < 1.29 is 18.7 Å². The maximum Gasteiger partial charge on any atom is 0.251 e. The van der Waals surface area contributed by atoms with Crippen molar-refractivity contribution in [3.8, 4) is 17.6 Å². The number of hydrogen-bond acceptors (Lipinski definition) is 5. The van der Waals surface area contributed by atoms with E-state index in [2.05, 4.69) is 45.3 Å². The van der Waals surface area contributed by atoms with Crippen molar-refractivity contribution in [2.45, 2.75) is 45.2 Å². The summed E-state index contributed by atoms with van der Waals surface area (Å²) >= 11 is 15.7. The molecule has 0 spiro atoms. The van der Waals surface area contributed by atoms with E-state index < -0.39 is 11.7 Å². The van der Waals surface area contributed by atoms with E-state index in [1.165, 1.54) is 36.4 Å². The Balaban J connectivity index is 1.38. The average Bonchev–Trinajstić information content (AvgIpc) is 3.25. The minimum atomic E-state index is -0.746. The summed E-state index contributed by atoms with van der Waals surface area (Å²) < 4.78 is 21.4. The van der Waals surface area contributed by atoms with Crippen LogP contribution in [-0.2, 0) is 11.2 Å². The van der Waals surface area contributed by atoms with Gasteiger partial charge in [-0.2, -0.15) is 5.26 Å². The van der Waals surface area contributed by atoms with Gasteiger partial charge < -0.3 is 15.4 Å². The van der Waals surface area contributed by atoms with Crippen LogP contribution in [0.15, 0.2) is 53.0 Å². The lowest BCUT2D eigenvalue weighted by Crippen LogP contribution is -2.39. The number of ether oxygens (including phenoxy) is 1. The minimum Gasteiger partial charge on any atom is -0.453 e. The fourth-order valence-electron chi connectivity index (χ4n) is 4.82. The number of likely N-dealkylation sites (tertiary alicyclic amines) is 1. The van der Waals surface area contributed by atoms with Crippen molar-refractivity contribution in [3.05, 3.63) is 85.6 Å². The predicted octanol–water partition coefficient (Wildman–Crippen LogP) is 7.34. The molecule has 11 heteroatoms. The van der Waals surface area contributed by atoms with Crippen LogP contribution in [0.25, 0.3) is 0 Å². The number of nitrogens with zero attached hydrogens (tertiary/aromatic N) is 2. The van der Waals surface area contributed by atoms with Crippen molar-refractivity contribution in [3.63, 3.8) is 0 Å². The molecule has 0 bridgehead atoms. The van der Waals surface area contributed by atoms with Gasteiger partial charge in [-0.25, -0.2) is 4.39 Å². The summed E-state index contributed by atoms with van der Waals surface area (Å²) in [6, 6.07) is 14.9. The van der Waals surface area contributed by atoms with Gasteiger partial charge in [0.25, 0.3) is 5.91 Å². The van der Waals surface area contributed by atoms with Gasteiger partial charge in [-0.3, -0.25) is 14.5 Å². The van der Waals surface area contributed by atoms with Crippen LogP contribution in [0.5, 0.6) is 11.5 Å². The summed E-state index contributed by atoms with van der Waals surface area (Å²) in [6.07, 6.45) is 2.02. The molecule has 0 aromatic heterocycles. The van der Waals surface area contributed by atoms with Crippen LogP contribution in [0.1, 0.15) is 48.2 Å². The smallest absolute Gasteiger partial charge is 0.251 e. The molecular formula is C30H28BrCl2FN4O3. The average molecular weight is 662 g/mol. The first-order valence-electron chi connectivity index (χ1n) is 13.0. The second-order valence-electron chi connectivity index (χ2n) is 9.93. The van der Waals surface area contributed by atoms with Crippen LogP contribution in [0, 0.1) is 17.1 Å². The Bertz CT molecular complexity index is 1500. The zero-order valence-corrected chi connectivity index (χ0v) is 25.5. The minimum absolute atomic E-state index is 0.0806. The zero-order chi connectivity index (χ0) is 29.7. The van der Waals surface area contributed by atoms with E-state index in [4.69, 9.17) is 33.2 Å². The van der Waals surface area contributed by atoms with Crippen molar-refractivity contribution >= 4 is 56.6 Å². The van der Waals surface area contributed by atoms with E-state index in [9.17, 15) is 9.59 Å². The fourth-order valence-corrected chi connectivity index (χ4v) is 5.66. The lowest BCUT2D eigenvalue weighted by atomic mass is 10.1. The van der Waals surface area contributed by atoms with Crippen LogP contribution >= 0.6 is 39.1 Å². The maximum absolute atomic E-state index is 15.4. The number of hydrogen-bond donors (Lipinski definition) is 2. The van der Waals surface area contributed by atoms with Crippen molar-refractivity contribution in [2.75, 3.05) is 18.4 Å². The van der Waals surface area contributed by atoms with Crippen LogP contribution < -0.4 is 15.4 Å². The normalized spacial score (nSPS) is 16.7. The summed E-state index contributed by atoms with van der Waals surface area (Å²) in [5.74, 6) is -1.49. The highest BCUT2D eigenvalue weighted by molar-refractivity contribution is 9.10. The second kappa shape index (κ2) is 13.7. The summed E-state index contributed by atoms with van der Waals surface area (Å²) in [4.78, 5) is 27.8. The van der Waals surface area contributed by atoms with E-state index in [0.29, 0.717) is 34.4 Å². The van der Waals surface area contributed by atoms with Gasteiger partial charge in [0.15, 0.2) is 11.6 Å². The van der Waals surface area contributed by atoms with Gasteiger partial charge in [-0.15, -0.1) is 0 Å². The molecule has 1 fully saturated rings. The third kappa shape index (κ3) is 7.77. The first-order chi connectivity index (χ1) is 19.5. The molecule has 0 radical (unpaired) electrons. The Labute approximate surface area is 256 Å².